The second kappa shape index (κ2) is 7.89. The maximum Gasteiger partial charge on any atom is 0.416 e. The lowest BCUT2D eigenvalue weighted by Gasteiger charge is -2.15. The molecule has 7 heteroatoms. The Labute approximate surface area is 149 Å². The van der Waals surface area contributed by atoms with Crippen LogP contribution in [0.4, 0.5) is 18.9 Å². The second-order valence-electron chi connectivity index (χ2n) is 6.04. The molecule has 134 valence electrons. The van der Waals surface area contributed by atoms with Crippen molar-refractivity contribution in [1.29, 1.82) is 0 Å². The number of likely N-dealkylation sites (N-methyl/N-ethyl adjacent to an activating group) is 1. The van der Waals surface area contributed by atoms with E-state index in [1.54, 1.807) is 19.2 Å². The molecule has 2 rings (SSSR count). The third-order valence-electron chi connectivity index (χ3n) is 3.65. The predicted molar refractivity (Wildman–Crippen MR) is 91.7 cm³/mol. The van der Waals surface area contributed by atoms with Gasteiger partial charge in [0, 0.05) is 5.56 Å². The molecule has 0 saturated carbocycles. The molecule has 0 spiro atoms. The molecule has 2 aromatic rings. The lowest BCUT2D eigenvalue weighted by molar-refractivity contribution is -0.885. The number of halogens is 4. The first-order valence-electron chi connectivity index (χ1n) is 7.68. The number of hydrogen-bond acceptors (Lipinski definition) is 1. The van der Waals surface area contributed by atoms with E-state index in [-0.39, 0.29) is 12.5 Å². The van der Waals surface area contributed by atoms with Crippen molar-refractivity contribution in [3.63, 3.8) is 0 Å². The van der Waals surface area contributed by atoms with Crippen molar-refractivity contribution in [2.24, 2.45) is 0 Å². The van der Waals surface area contributed by atoms with Crippen LogP contribution in [0.1, 0.15) is 16.7 Å². The van der Waals surface area contributed by atoms with E-state index in [9.17, 15) is 18.0 Å². The Morgan fingerprint density at radius 1 is 1.16 bits per heavy atom. The molecule has 0 aliphatic carbocycles. The van der Waals surface area contributed by atoms with Crippen LogP contribution in [-0.2, 0) is 17.5 Å². The predicted octanol–water partition coefficient (Wildman–Crippen LogP) is 3.32. The number of carbonyl (C=O) groups is 1. The summed E-state index contributed by atoms with van der Waals surface area (Å²) in [6.07, 6.45) is -4.34. The highest BCUT2D eigenvalue weighted by Gasteiger charge is 2.30. The highest BCUT2D eigenvalue weighted by molar-refractivity contribution is 6.33. The molecular weight excluding hydrogens is 353 g/mol. The van der Waals surface area contributed by atoms with Crippen molar-refractivity contribution in [3.8, 4) is 0 Å². The zero-order valence-corrected chi connectivity index (χ0v) is 14.6. The van der Waals surface area contributed by atoms with E-state index in [4.69, 9.17) is 11.6 Å². The van der Waals surface area contributed by atoms with Crippen LogP contribution in [0.3, 0.4) is 0 Å². The van der Waals surface area contributed by atoms with Gasteiger partial charge in [0.25, 0.3) is 5.91 Å². The first-order valence-corrected chi connectivity index (χ1v) is 8.06. The van der Waals surface area contributed by atoms with Crippen LogP contribution in [0, 0.1) is 6.92 Å². The normalized spacial score (nSPS) is 12.7. The molecule has 0 saturated heterocycles. The molecule has 0 bridgehead atoms. The number of alkyl halides is 3. The van der Waals surface area contributed by atoms with Crippen LogP contribution in [0.25, 0.3) is 0 Å². The van der Waals surface area contributed by atoms with Crippen LogP contribution < -0.4 is 10.2 Å². The van der Waals surface area contributed by atoms with Gasteiger partial charge in [-0.15, -0.1) is 0 Å². The first-order chi connectivity index (χ1) is 11.6. The molecule has 2 aromatic carbocycles. The van der Waals surface area contributed by atoms with Gasteiger partial charge in [0.05, 0.1) is 23.3 Å². The summed E-state index contributed by atoms with van der Waals surface area (Å²) in [5.41, 5.74) is 1.58. The van der Waals surface area contributed by atoms with Crippen molar-refractivity contribution in [3.05, 3.63) is 64.2 Å². The van der Waals surface area contributed by atoms with Gasteiger partial charge < -0.3 is 10.2 Å². The average Bonchev–Trinajstić information content (AvgIpc) is 2.49. The Bertz CT molecular complexity index is 745. The maximum absolute atomic E-state index is 12.5. The molecule has 0 heterocycles. The summed E-state index contributed by atoms with van der Waals surface area (Å²) in [5.74, 6) is -0.213. The lowest BCUT2D eigenvalue weighted by atomic mass is 10.1. The number of benzene rings is 2. The molecule has 2 N–H and O–H groups in total. The van der Waals surface area contributed by atoms with E-state index in [2.05, 4.69) is 5.32 Å². The monoisotopic (exact) mass is 371 g/mol. The standard InChI is InChI=1S/C18H18ClF3N2O/c1-12-3-8-16(15(19)9-12)23-17(25)11-24(2)10-13-4-6-14(7-5-13)18(20,21)22/h3-9H,10-11H2,1-2H3,(H,23,25)/p+1. The molecule has 25 heavy (non-hydrogen) atoms. The Hall–Kier alpha value is -2.05. The van der Waals surface area contributed by atoms with Gasteiger partial charge in [-0.1, -0.05) is 29.8 Å². The number of nitrogens with one attached hydrogen (secondary N) is 2. The zero-order chi connectivity index (χ0) is 18.6. The van der Waals surface area contributed by atoms with Crippen LogP contribution in [0.15, 0.2) is 42.5 Å². The summed E-state index contributed by atoms with van der Waals surface area (Å²) in [6.45, 7) is 2.51. The summed E-state index contributed by atoms with van der Waals surface area (Å²) >= 11 is 6.08. The third-order valence-corrected chi connectivity index (χ3v) is 3.96. The number of quaternary nitrogens is 1. The van der Waals surface area contributed by atoms with Gasteiger partial charge in [0.2, 0.25) is 0 Å². The minimum atomic E-state index is -4.34. The molecule has 1 atom stereocenters. The fraction of sp³-hybridized carbons (Fsp3) is 0.278. The van der Waals surface area contributed by atoms with Crippen LogP contribution >= 0.6 is 11.6 Å². The molecule has 0 aliphatic heterocycles. The third kappa shape index (κ3) is 5.76. The molecular formula is C18H19ClF3N2O+. The van der Waals surface area contributed by atoms with Gasteiger partial charge >= 0.3 is 6.18 Å². The number of carbonyl (C=O) groups excluding carboxylic acids is 1. The van der Waals surface area contributed by atoms with E-state index >= 15 is 0 Å². The molecule has 0 aliphatic rings. The van der Waals surface area contributed by atoms with E-state index in [0.717, 1.165) is 28.2 Å². The Morgan fingerprint density at radius 3 is 2.36 bits per heavy atom. The van der Waals surface area contributed by atoms with Crippen molar-refractivity contribution in [2.45, 2.75) is 19.6 Å². The van der Waals surface area contributed by atoms with Crippen molar-refractivity contribution < 1.29 is 22.9 Å². The van der Waals surface area contributed by atoms with Gasteiger partial charge in [-0.2, -0.15) is 13.2 Å². The fourth-order valence-corrected chi connectivity index (χ4v) is 2.69. The molecule has 1 unspecified atom stereocenters. The zero-order valence-electron chi connectivity index (χ0n) is 13.9. The smallest absolute Gasteiger partial charge is 0.326 e. The van der Waals surface area contributed by atoms with Crippen molar-refractivity contribution in [2.75, 3.05) is 18.9 Å². The van der Waals surface area contributed by atoms with E-state index in [0.29, 0.717) is 17.3 Å². The highest BCUT2D eigenvalue weighted by atomic mass is 35.5. The number of aryl methyl sites for hydroxylation is 1. The van der Waals surface area contributed by atoms with Gasteiger partial charge in [0.15, 0.2) is 6.54 Å². The molecule has 0 aromatic heterocycles. The topological polar surface area (TPSA) is 33.5 Å². The van der Waals surface area contributed by atoms with E-state index in [1.807, 2.05) is 13.0 Å². The fourth-order valence-electron chi connectivity index (χ4n) is 2.41. The minimum absolute atomic E-state index is 0.172. The van der Waals surface area contributed by atoms with E-state index in [1.165, 1.54) is 12.1 Å². The lowest BCUT2D eigenvalue weighted by Crippen LogP contribution is -3.08. The summed E-state index contributed by atoms with van der Waals surface area (Å²) in [4.78, 5) is 12.9. The molecule has 3 nitrogen and oxygen atoms in total. The number of rotatable bonds is 5. The maximum atomic E-state index is 12.5. The summed E-state index contributed by atoms with van der Waals surface area (Å²) in [6, 6.07) is 10.3. The number of anilines is 1. The van der Waals surface area contributed by atoms with Crippen molar-refractivity contribution in [1.82, 2.24) is 0 Å². The van der Waals surface area contributed by atoms with Gasteiger partial charge in [-0.05, 0) is 36.8 Å². The average molecular weight is 372 g/mol. The number of hydrogen-bond donors (Lipinski definition) is 2. The van der Waals surface area contributed by atoms with E-state index < -0.39 is 11.7 Å². The second-order valence-corrected chi connectivity index (χ2v) is 6.44. The van der Waals surface area contributed by atoms with Crippen LogP contribution in [-0.4, -0.2) is 19.5 Å². The summed E-state index contributed by atoms with van der Waals surface area (Å²) in [5, 5.41) is 3.21. The Kier molecular flexibility index (Phi) is 6.08. The Balaban J connectivity index is 1.91. The summed E-state index contributed by atoms with van der Waals surface area (Å²) in [7, 11) is 1.80. The van der Waals surface area contributed by atoms with Gasteiger partial charge in [0.1, 0.15) is 6.54 Å². The molecule has 1 amide bonds. The molecule has 0 radical (unpaired) electrons. The van der Waals surface area contributed by atoms with Gasteiger partial charge in [-0.3, -0.25) is 4.79 Å². The largest absolute Gasteiger partial charge is 0.416 e. The highest BCUT2D eigenvalue weighted by Crippen LogP contribution is 2.29. The van der Waals surface area contributed by atoms with Gasteiger partial charge in [-0.25, -0.2) is 0 Å². The summed E-state index contributed by atoms with van der Waals surface area (Å²) < 4.78 is 37.6. The molecule has 0 fully saturated rings. The Morgan fingerprint density at radius 2 is 1.80 bits per heavy atom. The number of amides is 1. The van der Waals surface area contributed by atoms with Crippen LogP contribution in [0.2, 0.25) is 5.02 Å². The first kappa shape index (κ1) is 19.3. The van der Waals surface area contributed by atoms with Crippen LogP contribution in [0.5, 0.6) is 0 Å². The minimum Gasteiger partial charge on any atom is -0.326 e. The quantitative estimate of drug-likeness (QED) is 0.830. The SMILES string of the molecule is Cc1ccc(NC(=O)C[NH+](C)Cc2ccc(C(F)(F)F)cc2)c(Cl)c1. The van der Waals surface area contributed by atoms with Crippen molar-refractivity contribution >= 4 is 23.2 Å².